The number of nitrogens with two attached hydrogens (primary N) is 1. The smallest absolute Gasteiger partial charge is 0.269 e. The summed E-state index contributed by atoms with van der Waals surface area (Å²) in [7, 11) is -3.77. The van der Waals surface area contributed by atoms with Crippen LogP contribution in [0.15, 0.2) is 82.4 Å². The van der Waals surface area contributed by atoms with Gasteiger partial charge in [-0.15, -0.1) is 0 Å². The van der Waals surface area contributed by atoms with E-state index in [1.807, 2.05) is 30.3 Å². The molecule has 4 aromatic rings. The van der Waals surface area contributed by atoms with Crippen molar-refractivity contribution >= 4 is 37.0 Å². The van der Waals surface area contributed by atoms with Crippen LogP contribution in [0.1, 0.15) is 5.56 Å². The van der Waals surface area contributed by atoms with Gasteiger partial charge in [-0.3, -0.25) is 0 Å². The second-order valence-corrected chi connectivity index (χ2v) is 8.82. The molecule has 0 amide bonds. The summed E-state index contributed by atoms with van der Waals surface area (Å²) in [6, 6.07) is 18.0. The highest BCUT2D eigenvalue weighted by Crippen LogP contribution is 2.33. The van der Waals surface area contributed by atoms with E-state index >= 15 is 0 Å². The maximum atomic E-state index is 13.2. The zero-order valence-corrected chi connectivity index (χ0v) is 16.6. The lowest BCUT2D eigenvalue weighted by Crippen LogP contribution is -2.12. The molecular weight excluding hydrogens is 426 g/mol. The summed E-state index contributed by atoms with van der Waals surface area (Å²) in [4.78, 5) is 4.59. The number of hydrogen-bond acceptors (Lipinski definition) is 4. The third-order valence-electron chi connectivity index (χ3n) is 4.35. The molecule has 0 radical (unpaired) electrons. The van der Waals surface area contributed by atoms with Crippen molar-refractivity contribution in [3.8, 4) is 11.1 Å². The van der Waals surface area contributed by atoms with Crippen LogP contribution in [0.2, 0.25) is 0 Å². The Kier molecular flexibility index (Phi) is 4.59. The summed E-state index contributed by atoms with van der Waals surface area (Å²) in [5.41, 5.74) is 8.80. The average molecular weight is 442 g/mol. The summed E-state index contributed by atoms with van der Waals surface area (Å²) >= 11 is 3.43. The lowest BCUT2D eigenvalue weighted by Gasteiger charge is -2.06. The zero-order chi connectivity index (χ0) is 19.0. The number of halogens is 1. The Bertz CT molecular complexity index is 1230. The van der Waals surface area contributed by atoms with Gasteiger partial charge in [-0.1, -0.05) is 36.4 Å². The van der Waals surface area contributed by atoms with E-state index in [2.05, 4.69) is 20.9 Å². The normalized spacial score (nSPS) is 11.8. The monoisotopic (exact) mass is 441 g/mol. The number of benzene rings is 2. The van der Waals surface area contributed by atoms with Crippen molar-refractivity contribution in [2.45, 2.75) is 11.4 Å². The third kappa shape index (κ3) is 3.18. The van der Waals surface area contributed by atoms with Gasteiger partial charge in [0.05, 0.1) is 4.90 Å². The number of nitrogens with zero attached hydrogens (tertiary/aromatic N) is 2. The molecule has 2 aromatic carbocycles. The summed E-state index contributed by atoms with van der Waals surface area (Å²) < 4.78 is 28.4. The molecule has 4 rings (SSSR count). The van der Waals surface area contributed by atoms with Gasteiger partial charge in [0.15, 0.2) is 5.65 Å². The van der Waals surface area contributed by atoms with E-state index in [1.165, 1.54) is 3.97 Å². The molecule has 2 aromatic heterocycles. The zero-order valence-electron chi connectivity index (χ0n) is 14.2. The number of pyridine rings is 1. The Morgan fingerprint density at radius 3 is 2.56 bits per heavy atom. The molecule has 7 heteroatoms. The minimum absolute atomic E-state index is 0.217. The van der Waals surface area contributed by atoms with Crippen molar-refractivity contribution < 1.29 is 8.42 Å². The molecule has 0 unspecified atom stereocenters. The van der Waals surface area contributed by atoms with E-state index in [-0.39, 0.29) is 4.90 Å². The van der Waals surface area contributed by atoms with Crippen LogP contribution >= 0.6 is 15.9 Å². The molecule has 27 heavy (non-hydrogen) atoms. The molecule has 2 N–H and O–H groups in total. The van der Waals surface area contributed by atoms with Crippen LogP contribution in [0.25, 0.3) is 22.2 Å². The topological polar surface area (TPSA) is 78.0 Å². The molecule has 0 aliphatic carbocycles. The van der Waals surface area contributed by atoms with Gasteiger partial charge in [0.2, 0.25) is 0 Å². The van der Waals surface area contributed by atoms with Gasteiger partial charge < -0.3 is 5.73 Å². The van der Waals surface area contributed by atoms with E-state index < -0.39 is 10.0 Å². The van der Waals surface area contributed by atoms with Crippen molar-refractivity contribution in [1.82, 2.24) is 8.96 Å². The van der Waals surface area contributed by atoms with Crippen LogP contribution in [0.5, 0.6) is 0 Å². The molecule has 2 heterocycles. The van der Waals surface area contributed by atoms with Crippen LogP contribution in [0.4, 0.5) is 0 Å². The molecular formula is C20H16BrN3O2S. The molecule has 0 spiro atoms. The first kappa shape index (κ1) is 17.9. The van der Waals surface area contributed by atoms with Gasteiger partial charge in [-0.2, -0.15) is 0 Å². The van der Waals surface area contributed by atoms with E-state index in [0.717, 1.165) is 26.5 Å². The van der Waals surface area contributed by atoms with Crippen LogP contribution < -0.4 is 5.73 Å². The van der Waals surface area contributed by atoms with Gasteiger partial charge >= 0.3 is 0 Å². The lowest BCUT2D eigenvalue weighted by molar-refractivity contribution is 0.589. The number of fused-ring (bicyclic) bond motifs is 1. The Balaban J connectivity index is 2.01. The Labute approximate surface area is 165 Å². The van der Waals surface area contributed by atoms with E-state index in [4.69, 9.17) is 5.73 Å². The second-order valence-electron chi connectivity index (χ2n) is 6.09. The van der Waals surface area contributed by atoms with Crippen LogP contribution in [-0.4, -0.2) is 17.4 Å². The van der Waals surface area contributed by atoms with Crippen molar-refractivity contribution in [3.05, 3.63) is 83.1 Å². The van der Waals surface area contributed by atoms with Gasteiger partial charge in [-0.05, 0) is 51.3 Å². The molecule has 5 nitrogen and oxygen atoms in total. The van der Waals surface area contributed by atoms with Crippen LogP contribution in [0, 0.1) is 0 Å². The van der Waals surface area contributed by atoms with Crippen LogP contribution in [-0.2, 0) is 16.6 Å². The van der Waals surface area contributed by atoms with Gasteiger partial charge in [0, 0.05) is 34.4 Å². The standard InChI is InChI=1S/C20H16BrN3O2S/c21-16-10-18-19(15-6-4-5-14(9-15)11-22)13-24(20(18)23-12-16)27(25,26)17-7-2-1-3-8-17/h1-10,12-13H,11,22H2. The summed E-state index contributed by atoms with van der Waals surface area (Å²) in [5, 5.41) is 0.748. The minimum Gasteiger partial charge on any atom is -0.326 e. The number of aromatic nitrogens is 2. The molecule has 0 saturated carbocycles. The van der Waals surface area contributed by atoms with Crippen molar-refractivity contribution in [3.63, 3.8) is 0 Å². The van der Waals surface area contributed by atoms with Gasteiger partial charge in [0.25, 0.3) is 10.0 Å². The third-order valence-corrected chi connectivity index (χ3v) is 6.45. The number of rotatable bonds is 4. The fraction of sp³-hybridized carbons (Fsp3) is 0.0500. The molecule has 136 valence electrons. The summed E-state index contributed by atoms with van der Waals surface area (Å²) in [6.07, 6.45) is 3.22. The van der Waals surface area contributed by atoms with Gasteiger partial charge in [-0.25, -0.2) is 17.4 Å². The first-order valence-electron chi connectivity index (χ1n) is 8.27. The summed E-state index contributed by atoms with van der Waals surface area (Å²) in [6.45, 7) is 0.413. The maximum Gasteiger partial charge on any atom is 0.269 e. The molecule has 0 saturated heterocycles. The first-order chi connectivity index (χ1) is 13.0. The highest BCUT2D eigenvalue weighted by Gasteiger charge is 2.22. The highest BCUT2D eigenvalue weighted by molar-refractivity contribution is 9.10. The summed E-state index contributed by atoms with van der Waals surface area (Å²) in [5.74, 6) is 0. The predicted octanol–water partition coefficient (Wildman–Crippen LogP) is 4.16. The van der Waals surface area contributed by atoms with E-state index in [0.29, 0.717) is 12.2 Å². The van der Waals surface area contributed by atoms with Crippen LogP contribution in [0.3, 0.4) is 0 Å². The van der Waals surface area contributed by atoms with E-state index in [9.17, 15) is 8.42 Å². The molecule has 0 atom stereocenters. The molecule has 0 aliphatic heterocycles. The molecule has 0 bridgehead atoms. The second kappa shape index (κ2) is 6.92. The Morgan fingerprint density at radius 1 is 1.04 bits per heavy atom. The largest absolute Gasteiger partial charge is 0.326 e. The van der Waals surface area contributed by atoms with Crippen molar-refractivity contribution in [2.24, 2.45) is 5.73 Å². The average Bonchev–Trinajstić information content (AvgIpc) is 3.08. The fourth-order valence-electron chi connectivity index (χ4n) is 3.04. The number of hydrogen-bond donors (Lipinski definition) is 1. The minimum atomic E-state index is -3.77. The molecule has 0 fully saturated rings. The first-order valence-corrected chi connectivity index (χ1v) is 10.5. The Morgan fingerprint density at radius 2 is 1.81 bits per heavy atom. The highest BCUT2D eigenvalue weighted by atomic mass is 79.9. The van der Waals surface area contributed by atoms with Gasteiger partial charge in [0.1, 0.15) is 0 Å². The SMILES string of the molecule is NCc1cccc(-c2cn(S(=O)(=O)c3ccccc3)c3ncc(Br)cc23)c1. The molecule has 0 aliphatic rings. The van der Waals surface area contributed by atoms with E-state index in [1.54, 1.807) is 42.7 Å². The van der Waals surface area contributed by atoms with Crippen molar-refractivity contribution in [1.29, 1.82) is 0 Å². The maximum absolute atomic E-state index is 13.2. The quantitative estimate of drug-likeness (QED) is 0.515. The van der Waals surface area contributed by atoms with Crippen molar-refractivity contribution in [2.75, 3.05) is 0 Å². The lowest BCUT2D eigenvalue weighted by atomic mass is 10.0. The predicted molar refractivity (Wildman–Crippen MR) is 110 cm³/mol. The fourth-order valence-corrected chi connectivity index (χ4v) is 4.72. The Hall–Kier alpha value is -2.48.